The monoisotopic (exact) mass is 308 g/mol. The van der Waals surface area contributed by atoms with Crippen molar-refractivity contribution in [1.82, 2.24) is 0 Å². The summed E-state index contributed by atoms with van der Waals surface area (Å²) in [5.74, 6) is 1.71. The molecule has 0 radical (unpaired) electrons. The van der Waals surface area contributed by atoms with Crippen LogP contribution in [-0.4, -0.2) is 20.9 Å². The van der Waals surface area contributed by atoms with E-state index in [2.05, 4.69) is 45.7 Å². The van der Waals surface area contributed by atoms with Gasteiger partial charge in [-0.05, 0) is 38.5 Å². The first-order valence-corrected chi connectivity index (χ1v) is 6.68. The number of rotatable bonds is 0. The first-order valence-electron chi connectivity index (χ1n) is 4.97. The molecule has 1 nitrogen and oxygen atoms in total. The van der Waals surface area contributed by atoms with Crippen molar-refractivity contribution in [1.29, 1.82) is 0 Å². The molecule has 3 heteroatoms. The molecule has 1 saturated heterocycles. The quantitative estimate of drug-likeness (QED) is 0.625. The molecular weight excluding hydrogens is 296 g/mol. The molecule has 74 valence electrons. The SMILES string of the molecule is CC1(C)O[C@H]2C[C@H]3[C@H](CC2Br)[C@@]31Br. The maximum Gasteiger partial charge on any atom is 0.0788 e. The Labute approximate surface area is 95.9 Å². The third-order valence-electron chi connectivity index (χ3n) is 4.19. The molecule has 0 aromatic heterocycles. The predicted octanol–water partition coefficient (Wildman–Crippen LogP) is 3.10. The van der Waals surface area contributed by atoms with Crippen LogP contribution in [0.1, 0.15) is 26.7 Å². The maximum absolute atomic E-state index is 6.14. The van der Waals surface area contributed by atoms with Gasteiger partial charge < -0.3 is 4.74 Å². The molecule has 2 aliphatic carbocycles. The van der Waals surface area contributed by atoms with Gasteiger partial charge in [-0.1, -0.05) is 31.9 Å². The van der Waals surface area contributed by atoms with E-state index in [9.17, 15) is 0 Å². The minimum absolute atomic E-state index is 0.0216. The summed E-state index contributed by atoms with van der Waals surface area (Å²) in [6.45, 7) is 4.46. The highest BCUT2D eigenvalue weighted by molar-refractivity contribution is 9.10. The Bertz CT molecular complexity index is 266. The van der Waals surface area contributed by atoms with Crippen molar-refractivity contribution in [2.75, 3.05) is 0 Å². The minimum atomic E-state index is 0.0216. The van der Waals surface area contributed by atoms with E-state index in [1.165, 1.54) is 12.8 Å². The largest absolute Gasteiger partial charge is 0.370 e. The summed E-state index contributed by atoms with van der Waals surface area (Å²) in [7, 11) is 0. The molecule has 2 bridgehead atoms. The average molecular weight is 310 g/mol. The highest BCUT2D eigenvalue weighted by atomic mass is 79.9. The Morgan fingerprint density at radius 1 is 1.23 bits per heavy atom. The van der Waals surface area contributed by atoms with E-state index in [1.54, 1.807) is 0 Å². The highest BCUT2D eigenvalue weighted by Gasteiger charge is 2.76. The molecule has 1 aliphatic heterocycles. The lowest BCUT2D eigenvalue weighted by atomic mass is 9.93. The first kappa shape index (κ1) is 9.17. The van der Waals surface area contributed by atoms with E-state index in [0.29, 0.717) is 15.3 Å². The Hall–Kier alpha value is 0.920. The van der Waals surface area contributed by atoms with Gasteiger partial charge in [0.15, 0.2) is 0 Å². The molecule has 0 aromatic carbocycles. The molecule has 2 saturated carbocycles. The summed E-state index contributed by atoms with van der Waals surface area (Å²) in [6, 6.07) is 0. The number of fused-ring (bicyclic) bond motifs is 2. The zero-order valence-corrected chi connectivity index (χ0v) is 11.1. The average Bonchev–Trinajstić information content (AvgIpc) is 2.60. The normalized spacial score (nSPS) is 61.8. The van der Waals surface area contributed by atoms with Crippen LogP contribution in [0.2, 0.25) is 0 Å². The van der Waals surface area contributed by atoms with Crippen molar-refractivity contribution in [3.8, 4) is 0 Å². The van der Waals surface area contributed by atoms with Gasteiger partial charge in [0, 0.05) is 4.83 Å². The number of ether oxygens (including phenoxy) is 1. The van der Waals surface area contributed by atoms with Crippen molar-refractivity contribution in [3.05, 3.63) is 0 Å². The summed E-state index contributed by atoms with van der Waals surface area (Å²) in [6.07, 6.45) is 2.98. The molecule has 0 spiro atoms. The smallest absolute Gasteiger partial charge is 0.0788 e. The molecule has 1 unspecified atom stereocenters. The van der Waals surface area contributed by atoms with Gasteiger partial charge in [-0.15, -0.1) is 0 Å². The zero-order chi connectivity index (χ0) is 9.43. The van der Waals surface area contributed by atoms with E-state index in [4.69, 9.17) is 4.74 Å². The van der Waals surface area contributed by atoms with Gasteiger partial charge >= 0.3 is 0 Å². The van der Waals surface area contributed by atoms with Gasteiger partial charge in [0.05, 0.1) is 16.0 Å². The van der Waals surface area contributed by atoms with Crippen molar-refractivity contribution < 1.29 is 4.74 Å². The predicted molar refractivity (Wildman–Crippen MR) is 59.5 cm³/mol. The Kier molecular flexibility index (Phi) is 1.66. The molecular formula is C10H14Br2O. The van der Waals surface area contributed by atoms with E-state index in [1.807, 2.05) is 0 Å². The van der Waals surface area contributed by atoms with Gasteiger partial charge in [-0.2, -0.15) is 0 Å². The van der Waals surface area contributed by atoms with E-state index < -0.39 is 0 Å². The van der Waals surface area contributed by atoms with E-state index in [0.717, 1.165) is 11.8 Å². The fraction of sp³-hybridized carbons (Fsp3) is 1.00. The minimum Gasteiger partial charge on any atom is -0.370 e. The highest BCUT2D eigenvalue weighted by Crippen LogP contribution is 2.73. The lowest BCUT2D eigenvalue weighted by Crippen LogP contribution is -2.47. The topological polar surface area (TPSA) is 9.23 Å². The van der Waals surface area contributed by atoms with Crippen molar-refractivity contribution in [2.45, 2.75) is 47.5 Å². The van der Waals surface area contributed by atoms with Gasteiger partial charge in [-0.3, -0.25) is 0 Å². The fourth-order valence-electron chi connectivity index (χ4n) is 3.45. The molecule has 0 amide bonds. The number of halogens is 2. The molecule has 3 fully saturated rings. The second-order valence-corrected chi connectivity index (χ2v) is 7.62. The lowest BCUT2D eigenvalue weighted by Gasteiger charge is -2.40. The molecule has 3 rings (SSSR count). The van der Waals surface area contributed by atoms with Crippen LogP contribution in [0.15, 0.2) is 0 Å². The van der Waals surface area contributed by atoms with Gasteiger partial charge in [-0.25, -0.2) is 0 Å². The lowest BCUT2D eigenvalue weighted by molar-refractivity contribution is -0.0997. The van der Waals surface area contributed by atoms with Crippen LogP contribution in [-0.2, 0) is 4.74 Å². The van der Waals surface area contributed by atoms with Crippen LogP contribution in [0.3, 0.4) is 0 Å². The third-order valence-corrected chi connectivity index (χ3v) is 7.29. The fourth-order valence-corrected chi connectivity index (χ4v) is 5.15. The van der Waals surface area contributed by atoms with Crippen LogP contribution in [0.4, 0.5) is 0 Å². The van der Waals surface area contributed by atoms with Crippen LogP contribution >= 0.6 is 31.9 Å². The summed E-state index contributed by atoms with van der Waals surface area (Å²) >= 11 is 7.66. The number of hydrogen-bond acceptors (Lipinski definition) is 1. The van der Waals surface area contributed by atoms with Gasteiger partial charge in [0.25, 0.3) is 0 Å². The Balaban J connectivity index is 2.02. The third kappa shape index (κ3) is 0.920. The number of hydrogen-bond donors (Lipinski definition) is 0. The molecule has 5 atom stereocenters. The van der Waals surface area contributed by atoms with E-state index in [-0.39, 0.29) is 5.60 Å². The van der Waals surface area contributed by atoms with Gasteiger partial charge in [0.1, 0.15) is 0 Å². The van der Waals surface area contributed by atoms with Crippen LogP contribution < -0.4 is 0 Å². The second-order valence-electron chi connectivity index (χ2n) is 5.14. The zero-order valence-electron chi connectivity index (χ0n) is 7.89. The molecule has 0 N–H and O–H groups in total. The van der Waals surface area contributed by atoms with Crippen molar-refractivity contribution >= 4 is 31.9 Å². The summed E-state index contributed by atoms with van der Waals surface area (Å²) in [5.41, 5.74) is 0.0216. The molecule has 1 heterocycles. The van der Waals surface area contributed by atoms with Crippen LogP contribution in [0.5, 0.6) is 0 Å². The van der Waals surface area contributed by atoms with Crippen LogP contribution in [0, 0.1) is 11.8 Å². The molecule has 0 aromatic rings. The summed E-state index contributed by atoms with van der Waals surface area (Å²) in [5, 5.41) is 0. The van der Waals surface area contributed by atoms with Crippen LogP contribution in [0.25, 0.3) is 0 Å². The Morgan fingerprint density at radius 3 is 2.54 bits per heavy atom. The van der Waals surface area contributed by atoms with Crippen molar-refractivity contribution in [3.63, 3.8) is 0 Å². The first-order chi connectivity index (χ1) is 5.97. The maximum atomic E-state index is 6.14. The number of alkyl halides is 2. The van der Waals surface area contributed by atoms with E-state index >= 15 is 0 Å². The molecule has 3 aliphatic rings. The summed E-state index contributed by atoms with van der Waals surface area (Å²) < 4.78 is 6.43. The molecule has 13 heavy (non-hydrogen) atoms. The Morgan fingerprint density at radius 2 is 1.85 bits per heavy atom. The van der Waals surface area contributed by atoms with Crippen molar-refractivity contribution in [2.24, 2.45) is 11.8 Å². The van der Waals surface area contributed by atoms with Gasteiger partial charge in [0.2, 0.25) is 0 Å². The standard InChI is InChI=1S/C10H14Br2O/c1-9(2)10(12)5-3-7(11)8(13-9)4-6(5)10/h5-8H,3-4H2,1-2H3/t5-,6-,7?,8-,10+/m0/s1. The second kappa shape index (κ2) is 2.35. The summed E-state index contributed by atoms with van der Waals surface area (Å²) in [4.78, 5) is 0.579.